The molecule has 0 bridgehead atoms. The molecule has 2 aromatic rings. The average Bonchev–Trinajstić information content (AvgIpc) is 3.17. The van der Waals surface area contributed by atoms with Gasteiger partial charge in [0.1, 0.15) is 5.69 Å². The third kappa shape index (κ3) is 3.89. The Balaban J connectivity index is 1.52. The Hall–Kier alpha value is -2.58. The second kappa shape index (κ2) is 8.28. The van der Waals surface area contributed by atoms with Crippen molar-refractivity contribution in [3.05, 3.63) is 51.3 Å². The van der Waals surface area contributed by atoms with Gasteiger partial charge in [0.2, 0.25) is 5.91 Å². The molecule has 2 aliphatic rings. The van der Waals surface area contributed by atoms with Crippen LogP contribution in [0.5, 0.6) is 0 Å². The molecule has 1 atom stereocenters. The van der Waals surface area contributed by atoms with Crippen LogP contribution in [-0.4, -0.2) is 56.9 Å². The number of carbonyl (C=O) groups is 3. The molecule has 2 aliphatic heterocycles. The van der Waals surface area contributed by atoms with Gasteiger partial charge in [-0.15, -0.1) is 0 Å². The number of benzene rings is 1. The predicted molar refractivity (Wildman–Crippen MR) is 111 cm³/mol. The van der Waals surface area contributed by atoms with E-state index in [1.165, 1.54) is 6.07 Å². The number of hydrogen-bond donors (Lipinski definition) is 1. The highest BCUT2D eigenvalue weighted by molar-refractivity contribution is 6.36. The van der Waals surface area contributed by atoms with Crippen LogP contribution in [0.1, 0.15) is 39.4 Å². The number of fused-ring (bicyclic) bond motifs is 1. The average molecular weight is 450 g/mol. The maximum absolute atomic E-state index is 13.0. The molecule has 0 unspecified atom stereocenters. The van der Waals surface area contributed by atoms with Gasteiger partial charge in [0, 0.05) is 47.9 Å². The predicted octanol–water partition coefficient (Wildman–Crippen LogP) is 2.18. The standard InChI is InChI=1S/C20H21Cl2N5O3/c21-14-4-1-5-15(22)13(14)11-26-7-8-27-17(20(26)30)9-16(24-27)19(29)25-6-2-3-12(10-25)18(23)28/h1,4-5,9,12H,2-3,6-8,10-11H2,(H2,23,28)/t12-/m0/s1. The molecule has 4 rings (SSSR count). The number of piperidine rings is 1. The summed E-state index contributed by atoms with van der Waals surface area (Å²) in [6.45, 7) is 1.98. The third-order valence-electron chi connectivity index (χ3n) is 5.61. The number of nitrogens with two attached hydrogens (primary N) is 1. The van der Waals surface area contributed by atoms with Crippen molar-refractivity contribution in [1.82, 2.24) is 19.6 Å². The lowest BCUT2D eigenvalue weighted by atomic mass is 9.97. The number of halogens is 2. The highest BCUT2D eigenvalue weighted by Gasteiger charge is 2.32. The number of rotatable bonds is 4. The topological polar surface area (TPSA) is 102 Å². The smallest absolute Gasteiger partial charge is 0.274 e. The Morgan fingerprint density at radius 1 is 1.17 bits per heavy atom. The Morgan fingerprint density at radius 3 is 2.60 bits per heavy atom. The number of amides is 3. The van der Waals surface area contributed by atoms with E-state index in [2.05, 4.69) is 5.10 Å². The zero-order chi connectivity index (χ0) is 21.4. The first-order chi connectivity index (χ1) is 14.3. The molecule has 1 saturated heterocycles. The molecular weight excluding hydrogens is 429 g/mol. The van der Waals surface area contributed by atoms with E-state index in [4.69, 9.17) is 28.9 Å². The second-order valence-electron chi connectivity index (χ2n) is 7.56. The van der Waals surface area contributed by atoms with E-state index < -0.39 is 5.91 Å². The number of carbonyl (C=O) groups excluding carboxylic acids is 3. The summed E-state index contributed by atoms with van der Waals surface area (Å²) in [4.78, 5) is 40.6. The molecule has 2 N–H and O–H groups in total. The minimum Gasteiger partial charge on any atom is -0.369 e. The van der Waals surface area contributed by atoms with E-state index in [0.29, 0.717) is 53.8 Å². The van der Waals surface area contributed by atoms with Gasteiger partial charge in [0.15, 0.2) is 5.69 Å². The molecule has 10 heteroatoms. The lowest BCUT2D eigenvalue weighted by molar-refractivity contribution is -0.123. The van der Waals surface area contributed by atoms with E-state index in [9.17, 15) is 14.4 Å². The summed E-state index contributed by atoms with van der Waals surface area (Å²) in [5.74, 6) is -1.29. The number of likely N-dealkylation sites (tertiary alicyclic amines) is 1. The molecule has 3 heterocycles. The van der Waals surface area contributed by atoms with Crippen molar-refractivity contribution in [2.24, 2.45) is 11.7 Å². The molecule has 8 nitrogen and oxygen atoms in total. The molecule has 0 aliphatic carbocycles. The van der Waals surface area contributed by atoms with E-state index in [-0.39, 0.29) is 36.5 Å². The number of primary amides is 1. The van der Waals surface area contributed by atoms with E-state index in [1.807, 2.05) is 0 Å². The summed E-state index contributed by atoms with van der Waals surface area (Å²) in [7, 11) is 0. The normalized spacial score (nSPS) is 19.0. The van der Waals surface area contributed by atoms with Crippen molar-refractivity contribution in [3.63, 3.8) is 0 Å². The molecule has 0 radical (unpaired) electrons. The minimum absolute atomic E-state index is 0.195. The molecule has 158 valence electrons. The number of aromatic nitrogens is 2. The quantitative estimate of drug-likeness (QED) is 0.772. The largest absolute Gasteiger partial charge is 0.369 e. The van der Waals surface area contributed by atoms with Gasteiger partial charge >= 0.3 is 0 Å². The van der Waals surface area contributed by atoms with Gasteiger partial charge in [0.05, 0.1) is 12.5 Å². The Bertz CT molecular complexity index is 1000. The maximum atomic E-state index is 13.0. The second-order valence-corrected chi connectivity index (χ2v) is 8.37. The highest BCUT2D eigenvalue weighted by Crippen LogP contribution is 2.27. The summed E-state index contributed by atoms with van der Waals surface area (Å²) in [5, 5.41) is 5.33. The first kappa shape index (κ1) is 20.7. The Morgan fingerprint density at radius 2 is 1.90 bits per heavy atom. The fourth-order valence-corrected chi connectivity index (χ4v) is 4.44. The lowest BCUT2D eigenvalue weighted by Crippen LogP contribution is -2.44. The van der Waals surface area contributed by atoms with E-state index in [1.54, 1.807) is 32.7 Å². The molecule has 0 saturated carbocycles. The summed E-state index contributed by atoms with van der Waals surface area (Å²) in [6, 6.07) is 6.73. The highest BCUT2D eigenvalue weighted by atomic mass is 35.5. The fraction of sp³-hybridized carbons (Fsp3) is 0.400. The van der Waals surface area contributed by atoms with Crippen LogP contribution in [0.25, 0.3) is 0 Å². The van der Waals surface area contributed by atoms with Gasteiger partial charge in [-0.05, 0) is 25.0 Å². The molecule has 1 aromatic carbocycles. The van der Waals surface area contributed by atoms with Crippen molar-refractivity contribution < 1.29 is 14.4 Å². The van der Waals surface area contributed by atoms with Gasteiger partial charge in [-0.2, -0.15) is 5.10 Å². The SMILES string of the molecule is NC(=O)[C@H]1CCCN(C(=O)c2cc3n(n2)CCN(Cc2c(Cl)cccc2Cl)C3=O)C1. The maximum Gasteiger partial charge on any atom is 0.274 e. The van der Waals surface area contributed by atoms with Crippen LogP contribution in [0, 0.1) is 5.92 Å². The van der Waals surface area contributed by atoms with Crippen LogP contribution < -0.4 is 5.73 Å². The first-order valence-electron chi connectivity index (χ1n) is 9.73. The Labute approximate surface area is 183 Å². The number of nitrogens with zero attached hydrogens (tertiary/aromatic N) is 4. The van der Waals surface area contributed by atoms with Crippen LogP contribution in [0.3, 0.4) is 0 Å². The summed E-state index contributed by atoms with van der Waals surface area (Å²) in [6.07, 6.45) is 1.38. The molecule has 3 amide bonds. The van der Waals surface area contributed by atoms with Crippen molar-refractivity contribution in [1.29, 1.82) is 0 Å². The molecule has 1 aromatic heterocycles. The number of hydrogen-bond acceptors (Lipinski definition) is 4. The molecule has 30 heavy (non-hydrogen) atoms. The molecular formula is C20H21Cl2N5O3. The van der Waals surface area contributed by atoms with Gasteiger partial charge in [-0.25, -0.2) is 0 Å². The van der Waals surface area contributed by atoms with Crippen molar-refractivity contribution >= 4 is 40.9 Å². The van der Waals surface area contributed by atoms with Gasteiger partial charge < -0.3 is 15.5 Å². The van der Waals surface area contributed by atoms with Crippen LogP contribution in [0.2, 0.25) is 10.0 Å². The monoisotopic (exact) mass is 449 g/mol. The summed E-state index contributed by atoms with van der Waals surface area (Å²) in [5.41, 5.74) is 6.62. The summed E-state index contributed by atoms with van der Waals surface area (Å²) >= 11 is 12.5. The molecule has 0 spiro atoms. The lowest BCUT2D eigenvalue weighted by Gasteiger charge is -2.30. The van der Waals surface area contributed by atoms with Crippen LogP contribution in [0.4, 0.5) is 0 Å². The first-order valence-corrected chi connectivity index (χ1v) is 10.5. The van der Waals surface area contributed by atoms with Crippen molar-refractivity contribution in [2.45, 2.75) is 25.9 Å². The zero-order valence-corrected chi connectivity index (χ0v) is 17.7. The van der Waals surface area contributed by atoms with Gasteiger partial charge in [-0.1, -0.05) is 29.3 Å². The van der Waals surface area contributed by atoms with Gasteiger partial charge in [0.25, 0.3) is 11.8 Å². The fourth-order valence-electron chi connectivity index (χ4n) is 3.92. The van der Waals surface area contributed by atoms with E-state index in [0.717, 1.165) is 0 Å². The van der Waals surface area contributed by atoms with Crippen molar-refractivity contribution in [2.75, 3.05) is 19.6 Å². The summed E-state index contributed by atoms with van der Waals surface area (Å²) < 4.78 is 1.55. The Kier molecular flexibility index (Phi) is 5.71. The zero-order valence-electron chi connectivity index (χ0n) is 16.2. The van der Waals surface area contributed by atoms with E-state index >= 15 is 0 Å². The van der Waals surface area contributed by atoms with Crippen LogP contribution in [-0.2, 0) is 17.9 Å². The van der Waals surface area contributed by atoms with Gasteiger partial charge in [-0.3, -0.25) is 19.1 Å². The molecule has 1 fully saturated rings. The van der Waals surface area contributed by atoms with Crippen LogP contribution in [0.15, 0.2) is 24.3 Å². The minimum atomic E-state index is -0.402. The third-order valence-corrected chi connectivity index (χ3v) is 6.32. The van der Waals surface area contributed by atoms with Crippen molar-refractivity contribution in [3.8, 4) is 0 Å². The van der Waals surface area contributed by atoms with Crippen LogP contribution >= 0.6 is 23.2 Å².